The SMILES string of the molecule is C1CCCCCC1.C=CCN/C(N)=C(/C=C(\N)Cl)CO.CC. The molecule has 5 heteroatoms. The van der Waals surface area contributed by atoms with E-state index in [0.29, 0.717) is 17.9 Å². The topological polar surface area (TPSA) is 84.3 Å². The van der Waals surface area contributed by atoms with Crippen LogP contribution in [0.5, 0.6) is 0 Å². The van der Waals surface area contributed by atoms with E-state index in [4.69, 9.17) is 28.2 Å². The Labute approximate surface area is 141 Å². The molecule has 0 atom stereocenters. The number of hydrogen-bond acceptors (Lipinski definition) is 4. The molecule has 1 aliphatic carbocycles. The zero-order chi connectivity index (χ0) is 17.2. The minimum atomic E-state index is -0.219. The molecule has 0 saturated heterocycles. The fraction of sp³-hybridized carbons (Fsp3) is 0.647. The van der Waals surface area contributed by atoms with Crippen molar-refractivity contribution in [1.82, 2.24) is 5.32 Å². The molecule has 4 nitrogen and oxygen atoms in total. The Morgan fingerprint density at radius 3 is 1.77 bits per heavy atom. The van der Waals surface area contributed by atoms with Gasteiger partial charge in [0.05, 0.1) is 11.8 Å². The van der Waals surface area contributed by atoms with Crippen LogP contribution >= 0.6 is 11.6 Å². The van der Waals surface area contributed by atoms with Crippen LogP contribution < -0.4 is 16.8 Å². The molecule has 0 aliphatic heterocycles. The van der Waals surface area contributed by atoms with Crippen molar-refractivity contribution >= 4 is 11.6 Å². The summed E-state index contributed by atoms with van der Waals surface area (Å²) in [5, 5.41) is 11.8. The van der Waals surface area contributed by atoms with Gasteiger partial charge in [-0.1, -0.05) is 76.5 Å². The maximum absolute atomic E-state index is 8.88. The van der Waals surface area contributed by atoms with Crippen molar-refractivity contribution < 1.29 is 5.11 Å². The van der Waals surface area contributed by atoms with Crippen LogP contribution in [-0.4, -0.2) is 18.3 Å². The molecule has 1 fully saturated rings. The van der Waals surface area contributed by atoms with Crippen molar-refractivity contribution in [1.29, 1.82) is 0 Å². The first-order valence-corrected chi connectivity index (χ1v) is 8.56. The first kappa shape index (κ1) is 23.1. The van der Waals surface area contributed by atoms with Crippen LogP contribution in [0.25, 0.3) is 0 Å². The van der Waals surface area contributed by atoms with Crippen LogP contribution in [0.3, 0.4) is 0 Å². The second-order valence-electron chi connectivity index (χ2n) is 4.77. The van der Waals surface area contributed by atoms with Crippen molar-refractivity contribution in [2.45, 2.75) is 58.8 Å². The van der Waals surface area contributed by atoms with Crippen LogP contribution in [0.2, 0.25) is 0 Å². The predicted molar refractivity (Wildman–Crippen MR) is 98.3 cm³/mol. The van der Waals surface area contributed by atoms with Gasteiger partial charge in [0.2, 0.25) is 0 Å². The molecule has 0 unspecified atom stereocenters. The van der Waals surface area contributed by atoms with Gasteiger partial charge >= 0.3 is 0 Å². The van der Waals surface area contributed by atoms with Gasteiger partial charge in [-0.25, -0.2) is 0 Å². The fourth-order valence-electron chi connectivity index (χ4n) is 1.91. The second-order valence-corrected chi connectivity index (χ2v) is 5.21. The fourth-order valence-corrected chi connectivity index (χ4v) is 2.04. The van der Waals surface area contributed by atoms with Crippen molar-refractivity contribution in [3.05, 3.63) is 35.3 Å². The highest BCUT2D eigenvalue weighted by atomic mass is 35.5. The third kappa shape index (κ3) is 15.3. The quantitative estimate of drug-likeness (QED) is 0.268. The molecule has 0 spiro atoms. The monoisotopic (exact) mass is 331 g/mol. The highest BCUT2D eigenvalue weighted by Crippen LogP contribution is 2.15. The average molecular weight is 332 g/mol. The summed E-state index contributed by atoms with van der Waals surface area (Å²) < 4.78 is 0. The molecule has 0 aromatic heterocycles. The lowest BCUT2D eigenvalue weighted by Crippen LogP contribution is -2.23. The number of aliphatic hydroxyl groups is 1. The summed E-state index contributed by atoms with van der Waals surface area (Å²) in [6.45, 7) is 7.81. The molecule has 0 aromatic carbocycles. The summed E-state index contributed by atoms with van der Waals surface area (Å²) in [6, 6.07) is 0. The third-order valence-electron chi connectivity index (χ3n) is 3.02. The van der Waals surface area contributed by atoms with Gasteiger partial charge in [0.25, 0.3) is 0 Å². The largest absolute Gasteiger partial charge is 0.392 e. The molecule has 1 rings (SSSR count). The molecule has 0 radical (unpaired) electrons. The summed E-state index contributed by atoms with van der Waals surface area (Å²) in [4.78, 5) is 0. The van der Waals surface area contributed by atoms with Crippen molar-refractivity contribution in [3.8, 4) is 0 Å². The van der Waals surface area contributed by atoms with E-state index >= 15 is 0 Å². The van der Waals surface area contributed by atoms with Crippen LogP contribution in [0.1, 0.15) is 58.8 Å². The molecule has 130 valence electrons. The van der Waals surface area contributed by atoms with Crippen LogP contribution in [0.4, 0.5) is 0 Å². The highest BCUT2D eigenvalue weighted by Gasteiger charge is 1.98. The minimum absolute atomic E-state index is 0.0763. The Kier molecular flexibility index (Phi) is 18.8. The van der Waals surface area contributed by atoms with Gasteiger partial charge in [0.1, 0.15) is 5.82 Å². The smallest absolute Gasteiger partial charge is 0.102 e. The number of nitrogens with one attached hydrogen (secondary N) is 1. The lowest BCUT2D eigenvalue weighted by molar-refractivity contribution is 0.332. The van der Waals surface area contributed by atoms with E-state index < -0.39 is 0 Å². The summed E-state index contributed by atoms with van der Waals surface area (Å²) >= 11 is 5.42. The standard InChI is InChI=1S/C8H14ClN3O.C7H14.C2H6/c1-2-3-12-8(11)6(5-13)4-7(9)10;1-2-4-6-7-5-3-1;1-2/h2,4,12-13H,1,3,5,10-11H2;1-7H2;1-2H3/b7-4-,8-6-;;. The number of hydrogen-bond donors (Lipinski definition) is 4. The molecule has 0 bridgehead atoms. The Bertz CT molecular complexity index is 304. The van der Waals surface area contributed by atoms with Gasteiger partial charge in [0.15, 0.2) is 0 Å². The van der Waals surface area contributed by atoms with Gasteiger partial charge in [-0.05, 0) is 6.08 Å². The number of halogens is 1. The molecule has 0 aromatic rings. The van der Waals surface area contributed by atoms with Gasteiger partial charge in [-0.15, -0.1) is 6.58 Å². The molecular weight excluding hydrogens is 298 g/mol. The Morgan fingerprint density at radius 2 is 1.50 bits per heavy atom. The van der Waals surface area contributed by atoms with Crippen LogP contribution in [-0.2, 0) is 0 Å². The van der Waals surface area contributed by atoms with Crippen molar-refractivity contribution in [3.63, 3.8) is 0 Å². The van der Waals surface area contributed by atoms with E-state index in [1.165, 1.54) is 51.0 Å². The summed E-state index contributed by atoms with van der Waals surface area (Å²) in [5.41, 5.74) is 11.2. The number of aliphatic hydroxyl groups excluding tert-OH is 1. The molecule has 1 aliphatic rings. The Hall–Kier alpha value is -1.13. The lowest BCUT2D eigenvalue weighted by Gasteiger charge is -2.07. The molecule has 0 heterocycles. The minimum Gasteiger partial charge on any atom is -0.392 e. The average Bonchev–Trinajstić information content (AvgIpc) is 2.85. The van der Waals surface area contributed by atoms with Gasteiger partial charge in [0, 0.05) is 12.1 Å². The van der Waals surface area contributed by atoms with Crippen LogP contribution in [0, 0.1) is 0 Å². The van der Waals surface area contributed by atoms with Crippen molar-refractivity contribution in [2.75, 3.05) is 13.2 Å². The maximum atomic E-state index is 8.88. The Morgan fingerprint density at radius 1 is 1.09 bits per heavy atom. The number of nitrogens with two attached hydrogens (primary N) is 2. The molecule has 22 heavy (non-hydrogen) atoms. The lowest BCUT2D eigenvalue weighted by atomic mass is 10.2. The van der Waals surface area contributed by atoms with E-state index in [-0.39, 0.29) is 11.8 Å². The van der Waals surface area contributed by atoms with E-state index in [1.807, 2.05) is 13.8 Å². The van der Waals surface area contributed by atoms with Crippen LogP contribution in [0.15, 0.2) is 35.3 Å². The normalized spacial score (nSPS) is 15.9. The summed E-state index contributed by atoms with van der Waals surface area (Å²) in [7, 11) is 0. The molecule has 0 amide bonds. The predicted octanol–water partition coefficient (Wildman–Crippen LogP) is 3.72. The molecule has 1 saturated carbocycles. The molecule has 6 N–H and O–H groups in total. The highest BCUT2D eigenvalue weighted by molar-refractivity contribution is 6.29. The summed E-state index contributed by atoms with van der Waals surface area (Å²) in [5.74, 6) is 0.339. The van der Waals surface area contributed by atoms with Gasteiger partial charge in [-0.2, -0.15) is 0 Å². The number of rotatable bonds is 5. The maximum Gasteiger partial charge on any atom is 0.102 e. The van der Waals surface area contributed by atoms with Crippen molar-refractivity contribution in [2.24, 2.45) is 11.5 Å². The summed E-state index contributed by atoms with van der Waals surface area (Å²) in [6.07, 6.45) is 13.5. The third-order valence-corrected chi connectivity index (χ3v) is 3.12. The van der Waals surface area contributed by atoms with E-state index in [1.54, 1.807) is 6.08 Å². The zero-order valence-electron chi connectivity index (χ0n) is 14.2. The van der Waals surface area contributed by atoms with E-state index in [9.17, 15) is 0 Å². The van der Waals surface area contributed by atoms with E-state index in [0.717, 1.165) is 0 Å². The second kappa shape index (κ2) is 17.9. The first-order valence-electron chi connectivity index (χ1n) is 8.18. The Balaban J connectivity index is 0. The first-order chi connectivity index (χ1) is 10.6. The van der Waals surface area contributed by atoms with Gasteiger partial charge < -0.3 is 21.9 Å². The van der Waals surface area contributed by atoms with E-state index in [2.05, 4.69) is 11.9 Å². The van der Waals surface area contributed by atoms with Gasteiger partial charge in [-0.3, -0.25) is 0 Å². The molecular formula is C17H34ClN3O. The zero-order valence-corrected chi connectivity index (χ0v) is 15.0.